The maximum atomic E-state index is 12.6. The summed E-state index contributed by atoms with van der Waals surface area (Å²) in [5.41, 5.74) is 0. The lowest BCUT2D eigenvalue weighted by Crippen LogP contribution is -2.53. The Morgan fingerprint density at radius 3 is 1.03 bits per heavy atom. The largest absolute Gasteiger partial charge is 0.394 e. The zero-order valence-electron chi connectivity index (χ0n) is 39.1. The van der Waals surface area contributed by atoms with Gasteiger partial charge >= 0.3 is 0 Å². The van der Waals surface area contributed by atoms with E-state index in [-0.39, 0.29) is 0 Å². The number of carbonyl (C=O) groups excluding carboxylic acids is 1. The highest BCUT2D eigenvalue weighted by atomic mass is 16.3. The van der Waals surface area contributed by atoms with Crippen molar-refractivity contribution < 1.29 is 25.2 Å². The molecule has 58 heavy (non-hydrogen) atoms. The smallest absolute Gasteiger partial charge is 0.249 e. The molecule has 0 aromatic rings. The number of unbranched alkanes of at least 4 members (excludes halogenated alkanes) is 37. The van der Waals surface area contributed by atoms with Gasteiger partial charge in [0.1, 0.15) is 12.2 Å². The number of aliphatic hydroxyl groups is 4. The molecular weight excluding hydrogens is 719 g/mol. The first-order chi connectivity index (χ1) is 28.5. The van der Waals surface area contributed by atoms with Crippen LogP contribution in [0.3, 0.4) is 0 Å². The van der Waals surface area contributed by atoms with Crippen LogP contribution in [0.25, 0.3) is 0 Å². The van der Waals surface area contributed by atoms with Gasteiger partial charge in [-0.1, -0.05) is 257 Å². The van der Waals surface area contributed by atoms with Crippen LogP contribution in [-0.4, -0.2) is 57.3 Å². The average Bonchev–Trinajstić information content (AvgIpc) is 3.23. The molecule has 0 aromatic carbocycles. The third-order valence-electron chi connectivity index (χ3n) is 12.5. The molecule has 0 bridgehead atoms. The van der Waals surface area contributed by atoms with E-state index in [0.717, 1.165) is 38.5 Å². The molecule has 6 nitrogen and oxygen atoms in total. The van der Waals surface area contributed by atoms with E-state index in [2.05, 4.69) is 31.3 Å². The van der Waals surface area contributed by atoms with Crippen LogP contribution in [-0.2, 0) is 4.79 Å². The molecule has 0 saturated carbocycles. The van der Waals surface area contributed by atoms with Crippen molar-refractivity contribution in [1.82, 2.24) is 5.32 Å². The first kappa shape index (κ1) is 57.1. The summed E-state index contributed by atoms with van der Waals surface area (Å²) >= 11 is 0. The first-order valence-corrected chi connectivity index (χ1v) is 26.1. The van der Waals surface area contributed by atoms with Gasteiger partial charge in [-0.2, -0.15) is 0 Å². The summed E-state index contributed by atoms with van der Waals surface area (Å²) in [7, 11) is 0. The second kappa shape index (κ2) is 47.1. The van der Waals surface area contributed by atoms with Crippen LogP contribution in [0.2, 0.25) is 0 Å². The van der Waals surface area contributed by atoms with Crippen molar-refractivity contribution in [1.29, 1.82) is 0 Å². The molecule has 5 N–H and O–H groups in total. The molecule has 4 atom stereocenters. The summed E-state index contributed by atoms with van der Waals surface area (Å²) in [6, 6.07) is -0.997. The van der Waals surface area contributed by atoms with Crippen LogP contribution in [0.15, 0.2) is 12.2 Å². The van der Waals surface area contributed by atoms with Crippen LogP contribution >= 0.6 is 0 Å². The Morgan fingerprint density at radius 2 is 0.707 bits per heavy atom. The van der Waals surface area contributed by atoms with E-state index < -0.39 is 36.9 Å². The summed E-state index contributed by atoms with van der Waals surface area (Å²) in [6.07, 6.45) is 54.2. The Hall–Kier alpha value is -0.950. The molecule has 0 aliphatic heterocycles. The van der Waals surface area contributed by atoms with Gasteiger partial charge in [0.2, 0.25) is 5.91 Å². The lowest BCUT2D eigenvalue weighted by molar-refractivity contribution is -0.132. The van der Waals surface area contributed by atoms with Crippen molar-refractivity contribution in [3.63, 3.8) is 0 Å². The van der Waals surface area contributed by atoms with Crippen molar-refractivity contribution in [2.24, 2.45) is 0 Å². The van der Waals surface area contributed by atoms with E-state index in [1.165, 1.54) is 218 Å². The Bertz CT molecular complexity index is 837. The zero-order valence-corrected chi connectivity index (χ0v) is 39.1. The minimum atomic E-state index is -1.28. The number of nitrogens with one attached hydrogen (secondary N) is 1. The number of allylic oxidation sites excluding steroid dienone is 2. The van der Waals surface area contributed by atoms with E-state index in [0.29, 0.717) is 12.8 Å². The molecule has 0 aliphatic carbocycles. The molecule has 0 aliphatic rings. The highest BCUT2D eigenvalue weighted by molar-refractivity contribution is 5.80. The SMILES string of the molecule is CCCCCCCCCCCC/C=C/CCCC(O)C(O)C(CO)NC(=O)C(O)CCCCCCCCCCCCCCCCCCCCCCCCCCCCC. The van der Waals surface area contributed by atoms with E-state index in [1.54, 1.807) is 0 Å². The van der Waals surface area contributed by atoms with Gasteiger partial charge in [0.25, 0.3) is 0 Å². The van der Waals surface area contributed by atoms with Crippen LogP contribution in [0.1, 0.15) is 284 Å². The average molecular weight is 822 g/mol. The van der Waals surface area contributed by atoms with Gasteiger partial charge in [-0.25, -0.2) is 0 Å². The second-order valence-corrected chi connectivity index (χ2v) is 18.2. The summed E-state index contributed by atoms with van der Waals surface area (Å²) < 4.78 is 0. The molecule has 0 rings (SSSR count). The fourth-order valence-corrected chi connectivity index (χ4v) is 8.35. The molecular formula is C52H103NO5. The highest BCUT2D eigenvalue weighted by Gasteiger charge is 2.28. The van der Waals surface area contributed by atoms with E-state index in [4.69, 9.17) is 0 Å². The van der Waals surface area contributed by atoms with Gasteiger partial charge in [-0.15, -0.1) is 0 Å². The van der Waals surface area contributed by atoms with Gasteiger partial charge in [-0.05, 0) is 38.5 Å². The van der Waals surface area contributed by atoms with Crippen molar-refractivity contribution >= 4 is 5.91 Å². The number of rotatable bonds is 48. The normalized spacial score (nSPS) is 14.0. The quantitative estimate of drug-likeness (QED) is 0.0310. The standard InChI is InChI=1S/C52H103NO5/c1-3-5-7-9-11-13-15-17-19-20-21-22-23-24-25-26-27-28-29-30-32-34-36-38-40-42-44-46-50(56)52(58)53-48(47-54)51(57)49(55)45-43-41-39-37-35-33-31-18-16-14-12-10-8-6-4-2/h37,39,48-51,54-57H,3-36,38,40-47H2,1-2H3,(H,53,58)/b39-37+. The first-order valence-electron chi connectivity index (χ1n) is 26.1. The predicted molar refractivity (Wildman–Crippen MR) is 251 cm³/mol. The molecule has 0 radical (unpaired) electrons. The topological polar surface area (TPSA) is 110 Å². The molecule has 0 spiro atoms. The number of hydrogen-bond acceptors (Lipinski definition) is 5. The van der Waals surface area contributed by atoms with Crippen molar-refractivity contribution in [2.75, 3.05) is 6.61 Å². The zero-order chi connectivity index (χ0) is 42.4. The molecule has 346 valence electrons. The third kappa shape index (κ3) is 40.5. The maximum absolute atomic E-state index is 12.6. The highest BCUT2D eigenvalue weighted by Crippen LogP contribution is 2.18. The molecule has 0 heterocycles. The van der Waals surface area contributed by atoms with Crippen LogP contribution in [0.5, 0.6) is 0 Å². The van der Waals surface area contributed by atoms with Gasteiger partial charge in [0.05, 0.1) is 18.8 Å². The summed E-state index contributed by atoms with van der Waals surface area (Å²) in [5, 5.41) is 43.8. The van der Waals surface area contributed by atoms with E-state index >= 15 is 0 Å². The second-order valence-electron chi connectivity index (χ2n) is 18.2. The van der Waals surface area contributed by atoms with Crippen molar-refractivity contribution in [3.05, 3.63) is 12.2 Å². The molecule has 4 unspecified atom stereocenters. The fraction of sp³-hybridized carbons (Fsp3) is 0.942. The van der Waals surface area contributed by atoms with Crippen molar-refractivity contribution in [2.45, 2.75) is 308 Å². The number of amides is 1. The minimum absolute atomic E-state index is 0.369. The third-order valence-corrected chi connectivity index (χ3v) is 12.5. The Kier molecular flexibility index (Phi) is 46.3. The molecule has 0 fully saturated rings. The number of carbonyl (C=O) groups is 1. The summed E-state index contributed by atoms with van der Waals surface area (Å²) in [5.74, 6) is -0.588. The summed E-state index contributed by atoms with van der Waals surface area (Å²) in [4.78, 5) is 12.6. The molecule has 1 amide bonds. The van der Waals surface area contributed by atoms with Crippen LogP contribution in [0.4, 0.5) is 0 Å². The lowest BCUT2D eigenvalue weighted by atomic mass is 10.00. The van der Waals surface area contributed by atoms with Gasteiger partial charge in [0, 0.05) is 0 Å². The van der Waals surface area contributed by atoms with Gasteiger partial charge < -0.3 is 25.7 Å². The van der Waals surface area contributed by atoms with Gasteiger partial charge in [-0.3, -0.25) is 4.79 Å². The monoisotopic (exact) mass is 822 g/mol. The van der Waals surface area contributed by atoms with E-state index in [9.17, 15) is 25.2 Å². The van der Waals surface area contributed by atoms with E-state index in [1.807, 2.05) is 0 Å². The lowest BCUT2D eigenvalue weighted by Gasteiger charge is -2.27. The van der Waals surface area contributed by atoms with Gasteiger partial charge in [0.15, 0.2) is 0 Å². The predicted octanol–water partition coefficient (Wildman–Crippen LogP) is 14.5. The Balaban J connectivity index is 3.61. The van der Waals surface area contributed by atoms with Crippen molar-refractivity contribution in [3.8, 4) is 0 Å². The minimum Gasteiger partial charge on any atom is -0.394 e. The molecule has 0 aromatic heterocycles. The van der Waals surface area contributed by atoms with Crippen LogP contribution in [0, 0.1) is 0 Å². The number of aliphatic hydroxyl groups excluding tert-OH is 4. The number of hydrogen-bond donors (Lipinski definition) is 5. The maximum Gasteiger partial charge on any atom is 0.249 e. The summed E-state index contributed by atoms with van der Waals surface area (Å²) in [6.45, 7) is 4.06. The Labute approximate surface area is 362 Å². The Morgan fingerprint density at radius 1 is 0.414 bits per heavy atom. The van der Waals surface area contributed by atoms with Crippen LogP contribution < -0.4 is 5.32 Å². The molecule has 0 saturated heterocycles. The molecule has 6 heteroatoms. The fourth-order valence-electron chi connectivity index (χ4n) is 8.35.